The van der Waals surface area contributed by atoms with E-state index in [9.17, 15) is 9.59 Å². The number of carbonyl (C=O) groups is 2. The average molecular weight is 471 g/mol. The molecule has 0 aromatic heterocycles. The van der Waals surface area contributed by atoms with E-state index in [1.807, 2.05) is 36.4 Å². The van der Waals surface area contributed by atoms with E-state index in [0.717, 1.165) is 31.2 Å². The molecule has 0 saturated heterocycles. The molecule has 3 rings (SSSR count). The van der Waals surface area contributed by atoms with Gasteiger partial charge in [-0.3, -0.25) is 9.59 Å². The molecule has 0 bridgehead atoms. The zero-order valence-electron chi connectivity index (χ0n) is 19.9. The summed E-state index contributed by atoms with van der Waals surface area (Å²) in [6.45, 7) is 6.23. The minimum Gasteiger partial charge on any atom is -0.484 e. The van der Waals surface area contributed by atoms with Crippen LogP contribution in [0.2, 0.25) is 5.02 Å². The maximum Gasteiger partial charge on any atom is 0.261 e. The first-order chi connectivity index (χ1) is 15.8. The van der Waals surface area contributed by atoms with E-state index in [1.165, 1.54) is 12.0 Å². The van der Waals surface area contributed by atoms with Gasteiger partial charge < -0.3 is 15.0 Å². The third-order valence-electron chi connectivity index (χ3n) is 6.29. The zero-order chi connectivity index (χ0) is 23.8. The Bertz CT molecular complexity index is 906. The normalized spacial score (nSPS) is 15.2. The second kappa shape index (κ2) is 12.1. The van der Waals surface area contributed by atoms with Crippen molar-refractivity contribution in [2.24, 2.45) is 0 Å². The van der Waals surface area contributed by atoms with E-state index >= 15 is 0 Å². The standard InChI is InChI=1S/C27H35ClN2O3/c1-19(2)22-11-15-25(16-12-22)33-18-26(31)30(17-21-9-13-23(28)14-10-21)20(3)27(32)29-24-7-5-4-6-8-24/h9-16,19-20,24H,4-8,17-18H2,1-3H3,(H,29,32). The maximum absolute atomic E-state index is 13.2. The predicted molar refractivity (Wildman–Crippen MR) is 133 cm³/mol. The number of rotatable bonds is 9. The van der Waals surface area contributed by atoms with Gasteiger partial charge in [-0.15, -0.1) is 0 Å². The van der Waals surface area contributed by atoms with Gasteiger partial charge in [0.25, 0.3) is 5.91 Å². The first kappa shape index (κ1) is 25.1. The SMILES string of the molecule is CC(C)c1ccc(OCC(=O)N(Cc2ccc(Cl)cc2)C(C)C(=O)NC2CCCCC2)cc1. The van der Waals surface area contributed by atoms with Crippen molar-refractivity contribution in [3.63, 3.8) is 0 Å². The molecule has 1 aliphatic rings. The van der Waals surface area contributed by atoms with Crippen LogP contribution >= 0.6 is 11.6 Å². The highest BCUT2D eigenvalue weighted by molar-refractivity contribution is 6.30. The highest BCUT2D eigenvalue weighted by Gasteiger charge is 2.28. The van der Waals surface area contributed by atoms with Gasteiger partial charge in [-0.25, -0.2) is 0 Å². The van der Waals surface area contributed by atoms with Gasteiger partial charge in [-0.1, -0.05) is 69.0 Å². The van der Waals surface area contributed by atoms with Gasteiger partial charge in [-0.2, -0.15) is 0 Å². The van der Waals surface area contributed by atoms with Crippen molar-refractivity contribution >= 4 is 23.4 Å². The third-order valence-corrected chi connectivity index (χ3v) is 6.55. The van der Waals surface area contributed by atoms with Crippen LogP contribution in [0.25, 0.3) is 0 Å². The van der Waals surface area contributed by atoms with Crippen molar-refractivity contribution in [3.05, 3.63) is 64.7 Å². The van der Waals surface area contributed by atoms with Crippen molar-refractivity contribution in [1.29, 1.82) is 0 Å². The molecular formula is C27H35ClN2O3. The van der Waals surface area contributed by atoms with Crippen LogP contribution in [0.3, 0.4) is 0 Å². The van der Waals surface area contributed by atoms with Crippen LogP contribution < -0.4 is 10.1 Å². The second-order valence-corrected chi connectivity index (χ2v) is 9.62. The largest absolute Gasteiger partial charge is 0.484 e. The number of ether oxygens (including phenoxy) is 1. The molecule has 0 heterocycles. The summed E-state index contributed by atoms with van der Waals surface area (Å²) in [6.07, 6.45) is 5.49. The topological polar surface area (TPSA) is 58.6 Å². The Hall–Kier alpha value is -2.53. The summed E-state index contributed by atoms with van der Waals surface area (Å²) in [6, 6.07) is 14.7. The molecule has 1 fully saturated rings. The number of amides is 2. The molecule has 1 N–H and O–H groups in total. The van der Waals surface area contributed by atoms with E-state index in [0.29, 0.717) is 23.2 Å². The fourth-order valence-electron chi connectivity index (χ4n) is 4.11. The molecule has 2 aromatic carbocycles. The molecule has 2 amide bonds. The Morgan fingerprint density at radius 3 is 2.24 bits per heavy atom. The number of nitrogens with zero attached hydrogens (tertiary/aromatic N) is 1. The molecule has 1 unspecified atom stereocenters. The van der Waals surface area contributed by atoms with Crippen LogP contribution in [-0.4, -0.2) is 35.4 Å². The monoisotopic (exact) mass is 470 g/mol. The number of nitrogens with one attached hydrogen (secondary N) is 1. The molecule has 1 aliphatic carbocycles. The lowest BCUT2D eigenvalue weighted by atomic mass is 9.95. The van der Waals surface area contributed by atoms with Gasteiger partial charge in [-0.05, 0) is 61.1 Å². The van der Waals surface area contributed by atoms with Crippen LogP contribution in [0.1, 0.15) is 69.9 Å². The van der Waals surface area contributed by atoms with Gasteiger partial charge in [0.1, 0.15) is 11.8 Å². The lowest BCUT2D eigenvalue weighted by Gasteiger charge is -2.31. The van der Waals surface area contributed by atoms with Crippen molar-refractivity contribution in [2.75, 3.05) is 6.61 Å². The summed E-state index contributed by atoms with van der Waals surface area (Å²) in [5.74, 6) is 0.715. The molecule has 0 spiro atoms. The highest BCUT2D eigenvalue weighted by Crippen LogP contribution is 2.20. The Kier molecular flexibility index (Phi) is 9.19. The van der Waals surface area contributed by atoms with E-state index in [1.54, 1.807) is 24.0 Å². The fraction of sp³-hybridized carbons (Fsp3) is 0.481. The first-order valence-corrected chi connectivity index (χ1v) is 12.3. The summed E-state index contributed by atoms with van der Waals surface area (Å²) < 4.78 is 5.78. The van der Waals surface area contributed by atoms with Crippen LogP contribution in [0.4, 0.5) is 0 Å². The van der Waals surface area contributed by atoms with Crippen LogP contribution in [-0.2, 0) is 16.1 Å². The lowest BCUT2D eigenvalue weighted by Crippen LogP contribution is -2.51. The van der Waals surface area contributed by atoms with Gasteiger partial charge in [0.05, 0.1) is 0 Å². The molecule has 5 nitrogen and oxygen atoms in total. The molecule has 1 atom stereocenters. The third kappa shape index (κ3) is 7.50. The quantitative estimate of drug-likeness (QED) is 0.510. The maximum atomic E-state index is 13.2. The zero-order valence-corrected chi connectivity index (χ0v) is 20.6. The minimum atomic E-state index is -0.609. The number of hydrogen-bond acceptors (Lipinski definition) is 3. The van der Waals surface area contributed by atoms with Gasteiger partial charge >= 0.3 is 0 Å². The van der Waals surface area contributed by atoms with E-state index in [2.05, 4.69) is 19.2 Å². The molecule has 0 radical (unpaired) electrons. The Morgan fingerprint density at radius 1 is 1.00 bits per heavy atom. The van der Waals surface area contributed by atoms with E-state index < -0.39 is 6.04 Å². The van der Waals surface area contributed by atoms with Crippen molar-refractivity contribution in [2.45, 2.75) is 77.4 Å². The highest BCUT2D eigenvalue weighted by atomic mass is 35.5. The Morgan fingerprint density at radius 2 is 1.64 bits per heavy atom. The molecule has 33 heavy (non-hydrogen) atoms. The van der Waals surface area contributed by atoms with Gasteiger partial charge in [0.2, 0.25) is 5.91 Å². The smallest absolute Gasteiger partial charge is 0.261 e. The second-order valence-electron chi connectivity index (χ2n) is 9.18. The Labute approximate surface area is 202 Å². The van der Waals surface area contributed by atoms with Crippen LogP contribution in [0.5, 0.6) is 5.75 Å². The summed E-state index contributed by atoms with van der Waals surface area (Å²) in [7, 11) is 0. The summed E-state index contributed by atoms with van der Waals surface area (Å²) in [4.78, 5) is 27.8. The molecule has 6 heteroatoms. The van der Waals surface area contributed by atoms with Crippen LogP contribution in [0.15, 0.2) is 48.5 Å². The molecule has 1 saturated carbocycles. The fourth-order valence-corrected chi connectivity index (χ4v) is 4.24. The van der Waals surface area contributed by atoms with Gasteiger partial charge in [0.15, 0.2) is 6.61 Å². The van der Waals surface area contributed by atoms with Crippen molar-refractivity contribution in [3.8, 4) is 5.75 Å². The lowest BCUT2D eigenvalue weighted by molar-refractivity contribution is -0.142. The number of benzene rings is 2. The van der Waals surface area contributed by atoms with Crippen molar-refractivity contribution in [1.82, 2.24) is 10.2 Å². The first-order valence-electron chi connectivity index (χ1n) is 11.9. The molecule has 0 aliphatic heterocycles. The number of hydrogen-bond donors (Lipinski definition) is 1. The van der Waals surface area contributed by atoms with Gasteiger partial charge in [0, 0.05) is 17.6 Å². The van der Waals surface area contributed by atoms with E-state index in [4.69, 9.17) is 16.3 Å². The number of halogens is 1. The molecular weight excluding hydrogens is 436 g/mol. The summed E-state index contributed by atoms with van der Waals surface area (Å²) in [5, 5.41) is 3.78. The summed E-state index contributed by atoms with van der Waals surface area (Å²) in [5.41, 5.74) is 2.12. The average Bonchev–Trinajstić information content (AvgIpc) is 2.82. The number of carbonyl (C=O) groups excluding carboxylic acids is 2. The Balaban J connectivity index is 1.68. The minimum absolute atomic E-state index is 0.120. The predicted octanol–water partition coefficient (Wildman–Crippen LogP) is 5.71. The van der Waals surface area contributed by atoms with Crippen LogP contribution in [0, 0.1) is 0 Å². The molecule has 178 valence electrons. The molecule has 2 aromatic rings. The van der Waals surface area contributed by atoms with Crippen molar-refractivity contribution < 1.29 is 14.3 Å². The van der Waals surface area contributed by atoms with E-state index in [-0.39, 0.29) is 24.5 Å². The summed E-state index contributed by atoms with van der Waals surface area (Å²) >= 11 is 6.02.